The van der Waals surface area contributed by atoms with Crippen LogP contribution in [0.2, 0.25) is 0 Å². The van der Waals surface area contributed by atoms with Gasteiger partial charge in [0, 0.05) is 36.2 Å². The number of nitrogens with zero attached hydrogens (tertiary/aromatic N) is 3. The summed E-state index contributed by atoms with van der Waals surface area (Å²) in [6.07, 6.45) is 1.52. The number of aromatic nitrogens is 1. The maximum Gasteiger partial charge on any atom is 0.228 e. The molecular formula is C23H27N3O. The maximum absolute atomic E-state index is 12.9. The van der Waals surface area contributed by atoms with Crippen molar-refractivity contribution in [3.63, 3.8) is 0 Å². The number of benzene rings is 2. The highest BCUT2D eigenvalue weighted by Gasteiger charge is 2.26. The molecule has 1 aliphatic rings. The summed E-state index contributed by atoms with van der Waals surface area (Å²) in [5, 5.41) is 1.24. The second-order valence-corrected chi connectivity index (χ2v) is 7.60. The standard InChI is InChI=1S/C23H27N3O/c1-17-22(18-9-5-4-6-10-18)19-11-7-12-20-23(19)25(17)16-13-21(27)26(20)15-8-14-24(2)3/h4-7,9-12H,8,13-16H2,1-3H3. The summed E-state index contributed by atoms with van der Waals surface area (Å²) < 4.78 is 2.34. The zero-order valence-electron chi connectivity index (χ0n) is 16.4. The molecule has 0 bridgehead atoms. The Kier molecular flexibility index (Phi) is 4.75. The van der Waals surface area contributed by atoms with E-state index in [1.165, 1.54) is 27.7 Å². The lowest BCUT2D eigenvalue weighted by atomic mass is 10.0. The molecule has 27 heavy (non-hydrogen) atoms. The lowest BCUT2D eigenvalue weighted by Gasteiger charge is -2.23. The third kappa shape index (κ3) is 3.15. The Morgan fingerprint density at radius 2 is 1.81 bits per heavy atom. The van der Waals surface area contributed by atoms with E-state index in [1.807, 2.05) is 4.90 Å². The van der Waals surface area contributed by atoms with Gasteiger partial charge in [0.05, 0.1) is 11.2 Å². The van der Waals surface area contributed by atoms with E-state index in [1.54, 1.807) is 0 Å². The molecule has 0 spiro atoms. The van der Waals surface area contributed by atoms with Crippen molar-refractivity contribution in [3.8, 4) is 11.1 Å². The Balaban J connectivity index is 1.86. The van der Waals surface area contributed by atoms with Crippen LogP contribution < -0.4 is 4.90 Å². The number of para-hydroxylation sites is 1. The summed E-state index contributed by atoms with van der Waals surface area (Å²) in [5.74, 6) is 0.227. The molecule has 0 fully saturated rings. The van der Waals surface area contributed by atoms with Crippen molar-refractivity contribution >= 4 is 22.5 Å². The fourth-order valence-electron chi connectivity index (χ4n) is 4.25. The van der Waals surface area contributed by atoms with Gasteiger partial charge in [-0.05, 0) is 45.6 Å². The molecule has 0 N–H and O–H groups in total. The Morgan fingerprint density at radius 1 is 1.04 bits per heavy atom. The van der Waals surface area contributed by atoms with Crippen LogP contribution >= 0.6 is 0 Å². The van der Waals surface area contributed by atoms with Crippen LogP contribution in [0.1, 0.15) is 18.5 Å². The first-order valence-corrected chi connectivity index (χ1v) is 9.70. The van der Waals surface area contributed by atoms with Crippen molar-refractivity contribution in [3.05, 3.63) is 54.2 Å². The highest BCUT2D eigenvalue weighted by Crippen LogP contribution is 2.40. The minimum Gasteiger partial charge on any atom is -0.342 e. The number of aryl methyl sites for hydroxylation is 1. The largest absolute Gasteiger partial charge is 0.342 e. The monoisotopic (exact) mass is 361 g/mol. The van der Waals surface area contributed by atoms with Crippen molar-refractivity contribution in [1.82, 2.24) is 9.47 Å². The molecule has 1 amide bonds. The number of hydrogen-bond acceptors (Lipinski definition) is 2. The average molecular weight is 361 g/mol. The normalized spacial score (nSPS) is 14.2. The number of anilines is 1. The van der Waals surface area contributed by atoms with E-state index in [9.17, 15) is 4.79 Å². The average Bonchev–Trinajstić information content (AvgIpc) is 2.86. The van der Waals surface area contributed by atoms with Crippen molar-refractivity contribution in [2.75, 3.05) is 32.1 Å². The van der Waals surface area contributed by atoms with Gasteiger partial charge in [-0.15, -0.1) is 0 Å². The molecule has 4 nitrogen and oxygen atoms in total. The van der Waals surface area contributed by atoms with Crippen LogP contribution in [0.3, 0.4) is 0 Å². The van der Waals surface area contributed by atoms with Crippen molar-refractivity contribution in [2.45, 2.75) is 26.3 Å². The molecule has 1 aromatic heterocycles. The number of carbonyl (C=O) groups is 1. The molecular weight excluding hydrogens is 334 g/mol. The molecule has 2 aromatic carbocycles. The van der Waals surface area contributed by atoms with Crippen molar-refractivity contribution in [1.29, 1.82) is 0 Å². The predicted molar refractivity (Wildman–Crippen MR) is 112 cm³/mol. The first-order valence-electron chi connectivity index (χ1n) is 9.70. The molecule has 1 aliphatic heterocycles. The Morgan fingerprint density at radius 3 is 2.56 bits per heavy atom. The van der Waals surface area contributed by atoms with E-state index >= 15 is 0 Å². The molecule has 4 heteroatoms. The van der Waals surface area contributed by atoms with Gasteiger partial charge in [0.25, 0.3) is 0 Å². The molecule has 0 aliphatic carbocycles. The van der Waals surface area contributed by atoms with Crippen molar-refractivity contribution in [2.24, 2.45) is 0 Å². The Bertz CT molecular complexity index is 972. The van der Waals surface area contributed by atoms with Gasteiger partial charge in [-0.25, -0.2) is 0 Å². The van der Waals surface area contributed by atoms with Crippen LogP contribution in [0.5, 0.6) is 0 Å². The van der Waals surface area contributed by atoms with E-state index < -0.39 is 0 Å². The number of amides is 1. The van der Waals surface area contributed by atoms with Gasteiger partial charge in [-0.3, -0.25) is 4.79 Å². The molecule has 4 rings (SSSR count). The van der Waals surface area contributed by atoms with Gasteiger partial charge in [-0.1, -0.05) is 42.5 Å². The van der Waals surface area contributed by atoms with Gasteiger partial charge in [0.15, 0.2) is 0 Å². The van der Waals surface area contributed by atoms with Gasteiger partial charge in [0.1, 0.15) is 0 Å². The number of rotatable bonds is 5. The van der Waals surface area contributed by atoms with Crippen LogP contribution in [0.15, 0.2) is 48.5 Å². The zero-order chi connectivity index (χ0) is 19.0. The Hall–Kier alpha value is -2.59. The lowest BCUT2D eigenvalue weighted by Crippen LogP contribution is -2.32. The molecule has 2 heterocycles. The molecule has 0 saturated carbocycles. The third-order valence-electron chi connectivity index (χ3n) is 5.51. The fourth-order valence-corrected chi connectivity index (χ4v) is 4.25. The zero-order valence-corrected chi connectivity index (χ0v) is 16.4. The van der Waals surface area contributed by atoms with E-state index in [-0.39, 0.29) is 5.91 Å². The van der Waals surface area contributed by atoms with E-state index in [0.717, 1.165) is 31.7 Å². The molecule has 0 saturated heterocycles. The van der Waals surface area contributed by atoms with E-state index in [0.29, 0.717) is 6.42 Å². The summed E-state index contributed by atoms with van der Waals surface area (Å²) in [5.41, 5.74) is 6.02. The molecule has 0 unspecified atom stereocenters. The minimum atomic E-state index is 0.227. The SMILES string of the molecule is Cc1c(-c2ccccc2)c2cccc3c2n1CCC(=O)N3CCCN(C)C. The highest BCUT2D eigenvalue weighted by atomic mass is 16.2. The van der Waals surface area contributed by atoms with Gasteiger partial charge >= 0.3 is 0 Å². The maximum atomic E-state index is 12.9. The number of carbonyl (C=O) groups excluding carboxylic acids is 1. The molecule has 3 aromatic rings. The van der Waals surface area contributed by atoms with Crippen LogP contribution in [-0.4, -0.2) is 42.6 Å². The second kappa shape index (κ2) is 7.20. The summed E-state index contributed by atoms with van der Waals surface area (Å²) in [6.45, 7) is 4.67. The van der Waals surface area contributed by atoms with Crippen molar-refractivity contribution < 1.29 is 4.79 Å². The van der Waals surface area contributed by atoms with Crippen LogP contribution in [-0.2, 0) is 11.3 Å². The van der Waals surface area contributed by atoms with Crippen LogP contribution in [0.25, 0.3) is 22.0 Å². The van der Waals surface area contributed by atoms with Gasteiger partial charge in [-0.2, -0.15) is 0 Å². The topological polar surface area (TPSA) is 28.5 Å². The van der Waals surface area contributed by atoms with Crippen LogP contribution in [0.4, 0.5) is 5.69 Å². The minimum absolute atomic E-state index is 0.227. The smallest absolute Gasteiger partial charge is 0.228 e. The lowest BCUT2D eigenvalue weighted by molar-refractivity contribution is -0.118. The molecule has 140 valence electrons. The number of hydrogen-bond donors (Lipinski definition) is 0. The second-order valence-electron chi connectivity index (χ2n) is 7.60. The highest BCUT2D eigenvalue weighted by molar-refractivity contribution is 6.09. The summed E-state index contributed by atoms with van der Waals surface area (Å²) >= 11 is 0. The van der Waals surface area contributed by atoms with Gasteiger partial charge in [0.2, 0.25) is 5.91 Å². The molecule has 0 radical (unpaired) electrons. The molecule has 0 atom stereocenters. The van der Waals surface area contributed by atoms with Gasteiger partial charge < -0.3 is 14.4 Å². The summed E-state index contributed by atoms with van der Waals surface area (Å²) in [7, 11) is 4.15. The first kappa shape index (κ1) is 17.8. The first-order chi connectivity index (χ1) is 13.1. The third-order valence-corrected chi connectivity index (χ3v) is 5.51. The summed E-state index contributed by atoms with van der Waals surface area (Å²) in [4.78, 5) is 17.0. The summed E-state index contributed by atoms with van der Waals surface area (Å²) in [6, 6.07) is 17.0. The Labute approximate surface area is 161 Å². The van der Waals surface area contributed by atoms with E-state index in [4.69, 9.17) is 0 Å². The van der Waals surface area contributed by atoms with E-state index in [2.05, 4.69) is 79.0 Å². The fraction of sp³-hybridized carbons (Fsp3) is 0.348. The predicted octanol–water partition coefficient (Wildman–Crippen LogP) is 4.31. The van der Waals surface area contributed by atoms with Crippen LogP contribution in [0, 0.1) is 6.92 Å². The quantitative estimate of drug-likeness (QED) is 0.678.